The maximum Gasteiger partial charge on any atom is 0.309 e. The number of carbonyl (C=O) groups is 2. The Balaban J connectivity index is 4.06. The first-order valence-corrected chi connectivity index (χ1v) is 32.7. The molecule has 0 aliphatic heterocycles. The second kappa shape index (κ2) is 59.3. The molecule has 0 N–H and O–H groups in total. The van der Waals surface area contributed by atoms with Crippen molar-refractivity contribution in [3.05, 3.63) is 158 Å². The van der Waals surface area contributed by atoms with Gasteiger partial charge in [0.1, 0.15) is 19.8 Å². The maximum atomic E-state index is 12.8. The van der Waals surface area contributed by atoms with Crippen molar-refractivity contribution in [3.8, 4) is 0 Å². The molecule has 0 amide bonds. The number of hydrogen-bond acceptors (Lipinski definition) is 8. The first kappa shape index (κ1) is 75.6. The number of hydrogen-bond donors (Lipinski definition) is 0. The van der Waals surface area contributed by atoms with Gasteiger partial charge in [-0.05, 0) is 103 Å². The first-order valence-electron chi connectivity index (χ1n) is 31.2. The SMILES string of the molecule is CC/C=C\C/C=C\C/C=C\C/C=C\C/C=C\C/C=C\C/C=C\C/C=C\CCCCCCCCCCCCCCCCCCC(=O)OC(COC(=O)C/C=C\C/C=C\C/C=C\C/C=C\C/C=C\CC)COP(=O)([O-])OCC[N+](C)(C)C. The molecule has 0 heterocycles. The van der Waals surface area contributed by atoms with Crippen LogP contribution in [-0.2, 0) is 32.7 Å². The number of ether oxygens (including phenoxy) is 2. The summed E-state index contributed by atoms with van der Waals surface area (Å²) in [6.07, 6.45) is 89.2. The third-order valence-electron chi connectivity index (χ3n) is 12.6. The summed E-state index contributed by atoms with van der Waals surface area (Å²) in [5, 5.41) is 0. The first-order chi connectivity index (χ1) is 39.0. The number of likely N-dealkylation sites (N-methyl/N-ethyl adjacent to an activating group) is 1. The van der Waals surface area contributed by atoms with Gasteiger partial charge in [-0.2, -0.15) is 0 Å². The average Bonchev–Trinajstić information content (AvgIpc) is 3.42. The zero-order chi connectivity index (χ0) is 58.4. The van der Waals surface area contributed by atoms with Crippen LogP contribution in [0, 0.1) is 0 Å². The number of phosphoric ester groups is 1. The van der Waals surface area contributed by atoms with E-state index in [-0.39, 0.29) is 26.1 Å². The van der Waals surface area contributed by atoms with E-state index < -0.39 is 32.5 Å². The molecule has 2 unspecified atom stereocenters. The smallest absolute Gasteiger partial charge is 0.309 e. The summed E-state index contributed by atoms with van der Waals surface area (Å²) in [5.74, 6) is -0.989. The lowest BCUT2D eigenvalue weighted by atomic mass is 10.0. The molecule has 0 aromatic rings. The number of nitrogens with zero attached hydrogens (tertiary/aromatic N) is 1. The van der Waals surface area contributed by atoms with Gasteiger partial charge in [-0.1, -0.05) is 262 Å². The summed E-state index contributed by atoms with van der Waals surface area (Å²) in [4.78, 5) is 37.8. The average molecular weight is 1130 g/mol. The lowest BCUT2D eigenvalue weighted by molar-refractivity contribution is -0.870. The maximum absolute atomic E-state index is 12.8. The predicted molar refractivity (Wildman–Crippen MR) is 341 cm³/mol. The second-order valence-electron chi connectivity index (χ2n) is 21.3. The Morgan fingerprint density at radius 1 is 0.400 bits per heavy atom. The molecule has 0 spiro atoms. The van der Waals surface area contributed by atoms with Crippen LogP contribution in [0.3, 0.4) is 0 Å². The van der Waals surface area contributed by atoms with Gasteiger partial charge in [0, 0.05) is 6.42 Å². The Bertz CT molecular complexity index is 1900. The fourth-order valence-corrected chi connectivity index (χ4v) is 8.59. The second-order valence-corrected chi connectivity index (χ2v) is 22.7. The normalized spacial score (nSPS) is 14.3. The van der Waals surface area contributed by atoms with E-state index in [9.17, 15) is 19.0 Å². The third kappa shape index (κ3) is 62.8. The Morgan fingerprint density at radius 3 is 1.06 bits per heavy atom. The zero-order valence-electron chi connectivity index (χ0n) is 51.2. The van der Waals surface area contributed by atoms with Gasteiger partial charge in [0.25, 0.3) is 7.82 Å². The molecule has 0 saturated carbocycles. The molecule has 0 aromatic heterocycles. The van der Waals surface area contributed by atoms with E-state index in [4.69, 9.17) is 18.5 Å². The van der Waals surface area contributed by atoms with Crippen molar-refractivity contribution in [1.82, 2.24) is 0 Å². The molecule has 0 saturated heterocycles. The van der Waals surface area contributed by atoms with Crippen molar-refractivity contribution in [1.29, 1.82) is 0 Å². The van der Waals surface area contributed by atoms with Gasteiger partial charge < -0.3 is 27.9 Å². The predicted octanol–water partition coefficient (Wildman–Crippen LogP) is 19.4. The highest BCUT2D eigenvalue weighted by molar-refractivity contribution is 7.45. The molecule has 9 nitrogen and oxygen atoms in total. The molecule has 0 rings (SSSR count). The van der Waals surface area contributed by atoms with Gasteiger partial charge in [0.15, 0.2) is 6.10 Å². The molecular formula is C70H114NO8P. The third-order valence-corrected chi connectivity index (χ3v) is 13.5. The van der Waals surface area contributed by atoms with Crippen LogP contribution in [0.15, 0.2) is 158 Å². The van der Waals surface area contributed by atoms with Crippen molar-refractivity contribution in [2.75, 3.05) is 47.5 Å². The molecular weight excluding hydrogens is 1010 g/mol. The van der Waals surface area contributed by atoms with Crippen LogP contribution >= 0.6 is 7.82 Å². The van der Waals surface area contributed by atoms with Crippen LogP contribution in [0.4, 0.5) is 0 Å². The highest BCUT2D eigenvalue weighted by Gasteiger charge is 2.21. The Hall–Kier alpha value is -4.37. The van der Waals surface area contributed by atoms with Gasteiger partial charge in [0.05, 0.1) is 34.2 Å². The van der Waals surface area contributed by atoms with Crippen LogP contribution in [-0.4, -0.2) is 70.0 Å². The molecule has 0 radical (unpaired) electrons. The van der Waals surface area contributed by atoms with Crippen LogP contribution in [0.1, 0.15) is 219 Å². The van der Waals surface area contributed by atoms with Gasteiger partial charge in [-0.3, -0.25) is 14.2 Å². The molecule has 2 atom stereocenters. The number of esters is 2. The van der Waals surface area contributed by atoms with Crippen LogP contribution in [0.5, 0.6) is 0 Å². The minimum absolute atomic E-state index is 0.0382. The number of quaternary nitrogens is 1. The monoisotopic (exact) mass is 1130 g/mol. The van der Waals surface area contributed by atoms with E-state index in [1.54, 1.807) is 6.08 Å². The van der Waals surface area contributed by atoms with Crippen LogP contribution in [0.2, 0.25) is 0 Å². The van der Waals surface area contributed by atoms with Crippen molar-refractivity contribution in [3.63, 3.8) is 0 Å². The highest BCUT2D eigenvalue weighted by atomic mass is 31.2. The van der Waals surface area contributed by atoms with Crippen molar-refractivity contribution in [2.45, 2.75) is 225 Å². The quantitative estimate of drug-likeness (QED) is 0.0195. The number of carbonyl (C=O) groups excluding carboxylic acids is 2. The largest absolute Gasteiger partial charge is 0.756 e. The zero-order valence-corrected chi connectivity index (χ0v) is 52.1. The number of allylic oxidation sites excluding steroid dienone is 25. The molecule has 452 valence electrons. The summed E-state index contributed by atoms with van der Waals surface area (Å²) in [7, 11) is 1.10. The van der Waals surface area contributed by atoms with E-state index in [0.717, 1.165) is 96.3 Å². The van der Waals surface area contributed by atoms with Gasteiger partial charge in [-0.15, -0.1) is 0 Å². The van der Waals surface area contributed by atoms with E-state index in [1.807, 2.05) is 33.3 Å². The van der Waals surface area contributed by atoms with E-state index in [0.29, 0.717) is 23.9 Å². The molecule has 80 heavy (non-hydrogen) atoms. The number of rotatable bonds is 55. The Morgan fingerprint density at radius 2 is 0.713 bits per heavy atom. The summed E-state index contributed by atoms with van der Waals surface area (Å²) < 4.78 is 34.0. The Kier molecular flexibility index (Phi) is 56.0. The van der Waals surface area contributed by atoms with Gasteiger partial charge in [0.2, 0.25) is 0 Å². The van der Waals surface area contributed by atoms with E-state index in [2.05, 4.69) is 154 Å². The molecule has 0 aliphatic rings. The van der Waals surface area contributed by atoms with E-state index >= 15 is 0 Å². The summed E-state index contributed by atoms with van der Waals surface area (Å²) in [6.45, 7) is 3.87. The Labute approximate surface area is 490 Å². The molecule has 0 bridgehead atoms. The molecule has 0 fully saturated rings. The van der Waals surface area contributed by atoms with Crippen molar-refractivity contribution < 1.29 is 42.1 Å². The molecule has 0 aromatic carbocycles. The van der Waals surface area contributed by atoms with Crippen LogP contribution < -0.4 is 4.89 Å². The summed E-state index contributed by atoms with van der Waals surface area (Å²) in [5.41, 5.74) is 0. The topological polar surface area (TPSA) is 111 Å². The minimum Gasteiger partial charge on any atom is -0.756 e. The van der Waals surface area contributed by atoms with Gasteiger partial charge >= 0.3 is 11.9 Å². The fourth-order valence-electron chi connectivity index (χ4n) is 7.86. The lowest BCUT2D eigenvalue weighted by Gasteiger charge is -2.28. The van der Waals surface area contributed by atoms with Crippen LogP contribution in [0.25, 0.3) is 0 Å². The number of unbranched alkanes of at least 4 members (excludes halogenated alkanes) is 16. The summed E-state index contributed by atoms with van der Waals surface area (Å²) in [6, 6.07) is 0. The highest BCUT2D eigenvalue weighted by Crippen LogP contribution is 2.38. The van der Waals surface area contributed by atoms with Crippen molar-refractivity contribution >= 4 is 19.8 Å². The molecule has 10 heteroatoms. The lowest BCUT2D eigenvalue weighted by Crippen LogP contribution is -2.37. The van der Waals surface area contributed by atoms with Crippen molar-refractivity contribution in [2.24, 2.45) is 0 Å². The standard InChI is InChI=1S/C70H114NO8P/c1-6-8-10-12-14-16-18-20-22-23-24-25-26-27-28-29-30-31-32-33-34-35-36-37-38-39-40-41-42-43-44-45-46-47-49-51-53-55-57-59-61-63-70(73)79-68(67-78-80(74,75)77-65-64-71(3,4)5)66-76-69(72)62-60-58-56-54-52-50-48-21-19-17-15-13-11-9-7-2/h8-11,14-17,20-22,24-25,27-28,30-31,33-34,36-37,48,52,54,58,60,68H,6-7,12-13,18-19,23,26,29,32,35,38-47,49-51,53,55-57,59,61-67H2,1-5H3/b10-8-,11-9-,16-14-,17-15-,22-20-,25-24-,28-27-,31-30-,34-33-,37-36-,48-21-,54-52-,60-58-. The van der Waals surface area contributed by atoms with Gasteiger partial charge in [-0.25, -0.2) is 0 Å². The molecule has 0 aliphatic carbocycles. The van der Waals surface area contributed by atoms with E-state index in [1.165, 1.54) is 83.5 Å². The summed E-state index contributed by atoms with van der Waals surface area (Å²) >= 11 is 0. The number of phosphoric acid groups is 1. The minimum atomic E-state index is -4.66. The fraction of sp³-hybridized carbons (Fsp3) is 0.600.